The zero-order valence-electron chi connectivity index (χ0n) is 35.1. The van der Waals surface area contributed by atoms with Gasteiger partial charge in [0.05, 0.1) is 37.7 Å². The summed E-state index contributed by atoms with van der Waals surface area (Å²) in [5.41, 5.74) is 9.66. The number of carbonyl (C=O) groups excluding carboxylic acids is 2. The van der Waals surface area contributed by atoms with Gasteiger partial charge in [0.15, 0.2) is 0 Å². The number of ether oxygens (including phenoxy) is 2. The largest absolute Gasteiger partial charge is 0.497 e. The lowest BCUT2D eigenvalue weighted by atomic mass is 10.1. The zero-order valence-corrected chi connectivity index (χ0v) is 35.1. The van der Waals surface area contributed by atoms with Crippen LogP contribution in [0.1, 0.15) is 31.8 Å². The second-order valence-electron chi connectivity index (χ2n) is 15.1. The molecule has 2 amide bonds. The molecule has 4 aromatic heterocycles. The van der Waals surface area contributed by atoms with E-state index in [1.807, 2.05) is 147 Å². The van der Waals surface area contributed by atoms with Crippen LogP contribution in [0.3, 0.4) is 0 Å². The number of likely N-dealkylation sites (N-methyl/N-ethyl adjacent to an activating group) is 1. The van der Waals surface area contributed by atoms with Crippen molar-refractivity contribution < 1.29 is 19.1 Å². The van der Waals surface area contributed by atoms with Gasteiger partial charge < -0.3 is 33.3 Å². The fourth-order valence-corrected chi connectivity index (χ4v) is 7.34. The Hall–Kier alpha value is -7.12. The predicted octanol–water partition coefficient (Wildman–Crippen LogP) is 7.63. The van der Waals surface area contributed by atoms with Crippen molar-refractivity contribution in [1.29, 1.82) is 0 Å². The molecule has 0 aliphatic carbocycles. The molecule has 0 spiro atoms. The number of methoxy groups -OCH3 is 2. The summed E-state index contributed by atoms with van der Waals surface area (Å²) < 4.78 is 14.6. The van der Waals surface area contributed by atoms with E-state index in [9.17, 15) is 9.59 Å². The summed E-state index contributed by atoms with van der Waals surface area (Å²) in [4.78, 5) is 32.5. The van der Waals surface area contributed by atoms with Gasteiger partial charge in [0, 0.05) is 105 Å². The second kappa shape index (κ2) is 18.2. The summed E-state index contributed by atoms with van der Waals surface area (Å²) >= 11 is 0. The van der Waals surface area contributed by atoms with Crippen LogP contribution >= 0.6 is 0 Å². The Bertz CT molecular complexity index is 2710. The van der Waals surface area contributed by atoms with E-state index in [-0.39, 0.29) is 11.8 Å². The normalized spacial score (nSPS) is 11.1. The molecule has 0 saturated heterocycles. The van der Waals surface area contributed by atoms with E-state index < -0.39 is 0 Å². The van der Waals surface area contributed by atoms with Crippen LogP contribution in [0, 0.1) is 0 Å². The summed E-state index contributed by atoms with van der Waals surface area (Å²) in [6.07, 6.45) is 11.1. The molecule has 60 heavy (non-hydrogen) atoms. The van der Waals surface area contributed by atoms with Crippen molar-refractivity contribution in [3.05, 3.63) is 144 Å². The van der Waals surface area contributed by atoms with Gasteiger partial charge in [-0.1, -0.05) is 48.5 Å². The number of fused-ring (bicyclic) bond motifs is 2. The molecule has 0 atom stereocenters. The topological polar surface area (TPSA) is 130 Å². The Kier molecular flexibility index (Phi) is 12.5. The minimum Gasteiger partial charge on any atom is -0.497 e. The molecule has 0 aliphatic rings. The third kappa shape index (κ3) is 9.11. The molecule has 2 N–H and O–H groups in total. The van der Waals surface area contributed by atoms with E-state index in [0.29, 0.717) is 30.8 Å². The number of aromatic amines is 2. The number of benzene rings is 4. The molecule has 0 saturated carbocycles. The molecule has 13 heteroatoms. The Balaban J connectivity index is 0.000000183. The molecule has 308 valence electrons. The third-order valence-corrected chi connectivity index (χ3v) is 10.6. The summed E-state index contributed by atoms with van der Waals surface area (Å²) in [7, 11) is 13.1. The van der Waals surface area contributed by atoms with Gasteiger partial charge in [-0.25, -0.2) is 0 Å². The monoisotopic (exact) mass is 805 g/mol. The number of hydrogen-bond acceptors (Lipinski definition) is 7. The molecule has 0 radical (unpaired) electrons. The maximum atomic E-state index is 13.7. The summed E-state index contributed by atoms with van der Waals surface area (Å²) in [5.74, 6) is 1.59. The Labute approximate surface area is 349 Å². The van der Waals surface area contributed by atoms with Gasteiger partial charge in [-0.05, 0) is 72.7 Å². The fraction of sp³-hybridized carbons (Fsp3) is 0.234. The van der Waals surface area contributed by atoms with Crippen LogP contribution in [-0.4, -0.2) is 104 Å². The van der Waals surface area contributed by atoms with E-state index in [0.717, 1.165) is 73.2 Å². The van der Waals surface area contributed by atoms with Crippen LogP contribution in [0.2, 0.25) is 0 Å². The van der Waals surface area contributed by atoms with Crippen molar-refractivity contribution in [3.8, 4) is 33.8 Å². The lowest BCUT2D eigenvalue weighted by Crippen LogP contribution is -2.36. The molecule has 13 nitrogen and oxygen atoms in total. The number of aryl methyl sites for hydroxylation is 2. The maximum Gasteiger partial charge on any atom is 0.256 e. The Morgan fingerprint density at radius 1 is 0.617 bits per heavy atom. The van der Waals surface area contributed by atoms with Gasteiger partial charge >= 0.3 is 0 Å². The average molecular weight is 806 g/mol. The van der Waals surface area contributed by atoms with Crippen molar-refractivity contribution in [2.24, 2.45) is 14.1 Å². The first kappa shape index (κ1) is 41.1. The summed E-state index contributed by atoms with van der Waals surface area (Å²) in [6, 6.07) is 27.9. The minimum absolute atomic E-state index is 0.00974. The highest BCUT2D eigenvalue weighted by atomic mass is 16.5. The minimum atomic E-state index is -0.00974. The average Bonchev–Trinajstić information content (AvgIpc) is 4.10. The first-order valence-electron chi connectivity index (χ1n) is 19.6. The van der Waals surface area contributed by atoms with Gasteiger partial charge in [0.1, 0.15) is 11.5 Å². The van der Waals surface area contributed by atoms with Crippen LogP contribution in [0.15, 0.2) is 122 Å². The number of hydrogen-bond donors (Lipinski definition) is 2. The van der Waals surface area contributed by atoms with Gasteiger partial charge in [-0.3, -0.25) is 19.8 Å². The lowest BCUT2D eigenvalue weighted by molar-refractivity contribution is 0.0732. The number of rotatable bonds is 13. The Morgan fingerprint density at radius 2 is 1.12 bits per heavy atom. The van der Waals surface area contributed by atoms with Crippen molar-refractivity contribution in [1.82, 2.24) is 44.2 Å². The summed E-state index contributed by atoms with van der Waals surface area (Å²) in [6.45, 7) is 2.45. The molecule has 0 unspecified atom stereocenters. The van der Waals surface area contributed by atoms with Crippen LogP contribution in [0.5, 0.6) is 11.5 Å². The molecule has 8 aromatic rings. The predicted molar refractivity (Wildman–Crippen MR) is 236 cm³/mol. The highest BCUT2D eigenvalue weighted by Crippen LogP contribution is 2.30. The van der Waals surface area contributed by atoms with Crippen LogP contribution in [0.4, 0.5) is 0 Å². The van der Waals surface area contributed by atoms with Gasteiger partial charge in [-0.2, -0.15) is 10.2 Å². The first-order valence-corrected chi connectivity index (χ1v) is 19.6. The number of amides is 2. The molecule has 4 heterocycles. The zero-order chi connectivity index (χ0) is 42.3. The second-order valence-corrected chi connectivity index (χ2v) is 15.1. The molecule has 4 aromatic carbocycles. The molecule has 0 aliphatic heterocycles. The third-order valence-electron chi connectivity index (χ3n) is 10.6. The molecular weight excluding hydrogens is 755 g/mol. The first-order chi connectivity index (χ1) is 29.0. The van der Waals surface area contributed by atoms with Crippen molar-refractivity contribution in [3.63, 3.8) is 0 Å². The lowest BCUT2D eigenvalue weighted by Gasteiger charge is -2.24. The molecule has 8 rings (SSSR count). The van der Waals surface area contributed by atoms with E-state index >= 15 is 0 Å². The van der Waals surface area contributed by atoms with Crippen LogP contribution in [-0.2, 0) is 27.2 Å². The number of nitrogens with one attached hydrogen (secondary N) is 2. The number of aromatic nitrogens is 6. The summed E-state index contributed by atoms with van der Waals surface area (Å²) in [5, 5.41) is 15.6. The van der Waals surface area contributed by atoms with E-state index in [4.69, 9.17) is 9.47 Å². The maximum absolute atomic E-state index is 13.7. The quantitative estimate of drug-likeness (QED) is 0.123. The fourth-order valence-electron chi connectivity index (χ4n) is 7.34. The highest BCUT2D eigenvalue weighted by molar-refractivity contribution is 6.08. The van der Waals surface area contributed by atoms with E-state index in [1.54, 1.807) is 31.5 Å². The standard InChI is InChI=1S/C25H29N5O2.C22H22N4O2/c1-28(2)10-11-30(16-18-6-5-7-21(12-18)32-4)25(31)23-17-29(3)24-13-19(8-9-22(23)24)20-14-26-27-15-20;1-25-14-20(19-8-7-16(10-21(19)25)17-11-23-24-12-17)22(27)26(2)13-15-5-4-6-18(9-15)28-3/h5-9,12-15,17H,10-11,16H2,1-4H3,(H,26,27);4-12,14H,13H2,1-3H3,(H,23,24). The highest BCUT2D eigenvalue weighted by Gasteiger charge is 2.22. The number of nitrogens with zero attached hydrogens (tertiary/aromatic N) is 7. The number of carbonyl (C=O) groups is 2. The van der Waals surface area contributed by atoms with Gasteiger partial charge in [0.2, 0.25) is 0 Å². The smallest absolute Gasteiger partial charge is 0.256 e. The Morgan fingerprint density at radius 3 is 1.58 bits per heavy atom. The van der Waals surface area contributed by atoms with E-state index in [2.05, 4.69) is 37.4 Å². The van der Waals surface area contributed by atoms with Gasteiger partial charge in [0.25, 0.3) is 11.8 Å². The molecular formula is C47H51N9O4. The van der Waals surface area contributed by atoms with Crippen LogP contribution < -0.4 is 9.47 Å². The van der Waals surface area contributed by atoms with Crippen molar-refractivity contribution in [2.75, 3.05) is 48.5 Å². The van der Waals surface area contributed by atoms with Crippen LogP contribution in [0.25, 0.3) is 44.1 Å². The van der Waals surface area contributed by atoms with E-state index in [1.165, 1.54) is 0 Å². The van der Waals surface area contributed by atoms with Crippen molar-refractivity contribution in [2.45, 2.75) is 13.1 Å². The molecule has 0 fully saturated rings. The molecule has 0 bridgehead atoms. The van der Waals surface area contributed by atoms with Gasteiger partial charge in [-0.15, -0.1) is 0 Å². The number of H-pyrrole nitrogens is 2. The van der Waals surface area contributed by atoms with Crippen molar-refractivity contribution >= 4 is 33.6 Å². The SMILES string of the molecule is COc1cccc(CN(C)C(=O)c2cn(C)c3cc(-c4cn[nH]c4)ccc23)c1.COc1cccc(CN(CCN(C)C)C(=O)c2cn(C)c3cc(-c4cn[nH]c4)ccc23)c1.